The van der Waals surface area contributed by atoms with E-state index in [1.54, 1.807) is 0 Å². The highest BCUT2D eigenvalue weighted by Gasteiger charge is 2.27. The first-order chi connectivity index (χ1) is 7.83. The van der Waals surface area contributed by atoms with Gasteiger partial charge in [0.25, 0.3) is 5.56 Å². The minimum atomic E-state index is 0.141. The standard InChI is InChI=1S/C11H18N4O/c1-12-9-10(13-5-2-3-6-13)14-7-4-8-15(14)11(9)16/h12H,2-8H2,1H3. The Bertz CT molecular complexity index is 453. The van der Waals surface area contributed by atoms with Crippen LogP contribution >= 0.6 is 0 Å². The van der Waals surface area contributed by atoms with Gasteiger partial charge in [-0.25, -0.2) is 4.68 Å². The van der Waals surface area contributed by atoms with Crippen LogP contribution in [-0.4, -0.2) is 29.5 Å². The Morgan fingerprint density at radius 1 is 1.00 bits per heavy atom. The summed E-state index contributed by atoms with van der Waals surface area (Å²) in [5.41, 5.74) is 0.920. The molecule has 0 aliphatic carbocycles. The Morgan fingerprint density at radius 2 is 1.69 bits per heavy atom. The van der Waals surface area contributed by atoms with E-state index in [0.717, 1.165) is 44.1 Å². The molecule has 0 spiro atoms. The first-order valence-corrected chi connectivity index (χ1v) is 6.09. The fourth-order valence-corrected chi connectivity index (χ4v) is 2.87. The average molecular weight is 222 g/mol. The molecule has 2 aliphatic rings. The molecule has 0 bridgehead atoms. The molecule has 3 rings (SSSR count). The maximum Gasteiger partial charge on any atom is 0.292 e. The van der Waals surface area contributed by atoms with E-state index in [1.165, 1.54) is 12.8 Å². The largest absolute Gasteiger partial charge is 0.381 e. The lowest BCUT2D eigenvalue weighted by Gasteiger charge is -2.20. The number of nitrogens with one attached hydrogen (secondary N) is 1. The summed E-state index contributed by atoms with van der Waals surface area (Å²) < 4.78 is 4.03. The number of hydrogen-bond acceptors (Lipinski definition) is 3. The first-order valence-electron chi connectivity index (χ1n) is 6.09. The van der Waals surface area contributed by atoms with Crippen LogP contribution in [0.15, 0.2) is 4.79 Å². The van der Waals surface area contributed by atoms with Crippen LogP contribution in [0.2, 0.25) is 0 Å². The second-order valence-corrected chi connectivity index (χ2v) is 4.55. The lowest BCUT2D eigenvalue weighted by atomic mass is 10.4. The van der Waals surface area contributed by atoms with Crippen LogP contribution in [-0.2, 0) is 13.1 Å². The zero-order valence-corrected chi connectivity index (χ0v) is 9.70. The van der Waals surface area contributed by atoms with Crippen molar-refractivity contribution in [2.24, 2.45) is 0 Å². The molecule has 3 heterocycles. The Hall–Kier alpha value is -1.39. The molecule has 1 aromatic rings. The van der Waals surface area contributed by atoms with Crippen LogP contribution in [0.5, 0.6) is 0 Å². The lowest BCUT2D eigenvalue weighted by molar-refractivity contribution is 0.589. The highest BCUT2D eigenvalue weighted by Crippen LogP contribution is 2.29. The quantitative estimate of drug-likeness (QED) is 0.800. The van der Waals surface area contributed by atoms with Crippen molar-refractivity contribution in [2.75, 3.05) is 30.4 Å². The topological polar surface area (TPSA) is 42.2 Å². The number of hydrogen-bond donors (Lipinski definition) is 1. The number of rotatable bonds is 2. The lowest BCUT2D eigenvalue weighted by Crippen LogP contribution is -2.22. The maximum atomic E-state index is 12.1. The molecule has 2 aliphatic heterocycles. The summed E-state index contributed by atoms with van der Waals surface area (Å²) in [4.78, 5) is 14.5. The molecule has 0 atom stereocenters. The van der Waals surface area contributed by atoms with Crippen molar-refractivity contribution in [1.82, 2.24) is 9.36 Å². The van der Waals surface area contributed by atoms with Gasteiger partial charge in [-0.05, 0) is 19.3 Å². The van der Waals surface area contributed by atoms with Gasteiger partial charge in [0.15, 0.2) is 5.82 Å². The van der Waals surface area contributed by atoms with Gasteiger partial charge in [-0.15, -0.1) is 0 Å². The van der Waals surface area contributed by atoms with Crippen molar-refractivity contribution in [2.45, 2.75) is 32.4 Å². The maximum absolute atomic E-state index is 12.1. The molecule has 88 valence electrons. The number of aromatic nitrogens is 2. The van der Waals surface area contributed by atoms with Gasteiger partial charge in [-0.1, -0.05) is 0 Å². The molecule has 1 saturated heterocycles. The summed E-state index contributed by atoms with van der Waals surface area (Å²) in [6.07, 6.45) is 3.56. The summed E-state index contributed by atoms with van der Waals surface area (Å²) in [6, 6.07) is 0. The van der Waals surface area contributed by atoms with Gasteiger partial charge in [0.1, 0.15) is 5.69 Å². The highest BCUT2D eigenvalue weighted by atomic mass is 16.1. The van der Waals surface area contributed by atoms with Crippen molar-refractivity contribution in [3.63, 3.8) is 0 Å². The van der Waals surface area contributed by atoms with E-state index in [2.05, 4.69) is 14.9 Å². The predicted molar refractivity (Wildman–Crippen MR) is 64.3 cm³/mol. The van der Waals surface area contributed by atoms with Crippen molar-refractivity contribution in [3.8, 4) is 0 Å². The molecular weight excluding hydrogens is 204 g/mol. The van der Waals surface area contributed by atoms with Crippen molar-refractivity contribution in [1.29, 1.82) is 0 Å². The number of fused-ring (bicyclic) bond motifs is 1. The Morgan fingerprint density at radius 3 is 2.38 bits per heavy atom. The Labute approximate surface area is 94.6 Å². The Balaban J connectivity index is 2.14. The van der Waals surface area contributed by atoms with Gasteiger partial charge < -0.3 is 10.2 Å². The predicted octanol–water partition coefficient (Wildman–Crippen LogP) is 0.695. The third-order valence-corrected chi connectivity index (χ3v) is 3.60. The summed E-state index contributed by atoms with van der Waals surface area (Å²) in [5.74, 6) is 1.11. The van der Waals surface area contributed by atoms with Crippen LogP contribution in [0.3, 0.4) is 0 Å². The number of anilines is 2. The van der Waals surface area contributed by atoms with Gasteiger partial charge in [0.05, 0.1) is 0 Å². The average Bonchev–Trinajstić information content (AvgIpc) is 2.96. The first kappa shape index (κ1) is 9.81. The van der Waals surface area contributed by atoms with Gasteiger partial charge in [0, 0.05) is 33.2 Å². The number of nitrogens with zero attached hydrogens (tertiary/aromatic N) is 3. The zero-order valence-electron chi connectivity index (χ0n) is 9.70. The van der Waals surface area contributed by atoms with E-state index in [-0.39, 0.29) is 5.56 Å². The summed E-state index contributed by atoms with van der Waals surface area (Å²) in [6.45, 7) is 4.00. The second-order valence-electron chi connectivity index (χ2n) is 4.55. The van der Waals surface area contributed by atoms with Gasteiger partial charge >= 0.3 is 0 Å². The third kappa shape index (κ3) is 1.20. The normalized spacial score (nSPS) is 19.2. The molecule has 1 fully saturated rings. The van der Waals surface area contributed by atoms with E-state index in [0.29, 0.717) is 0 Å². The van der Waals surface area contributed by atoms with Crippen molar-refractivity contribution in [3.05, 3.63) is 10.4 Å². The monoisotopic (exact) mass is 222 g/mol. The third-order valence-electron chi connectivity index (χ3n) is 3.60. The molecule has 5 nitrogen and oxygen atoms in total. The molecule has 0 saturated carbocycles. The van der Waals surface area contributed by atoms with E-state index < -0.39 is 0 Å². The summed E-state index contributed by atoms with van der Waals surface area (Å²) in [7, 11) is 1.84. The molecule has 1 aromatic heterocycles. The summed E-state index contributed by atoms with van der Waals surface area (Å²) in [5, 5.41) is 3.07. The molecule has 0 radical (unpaired) electrons. The molecule has 0 amide bonds. The van der Waals surface area contributed by atoms with Gasteiger partial charge in [0.2, 0.25) is 0 Å². The van der Waals surface area contributed by atoms with Crippen LogP contribution in [0.25, 0.3) is 0 Å². The molecular formula is C11H18N4O. The van der Waals surface area contributed by atoms with Crippen LogP contribution < -0.4 is 15.8 Å². The fourth-order valence-electron chi connectivity index (χ4n) is 2.87. The molecule has 1 N–H and O–H groups in total. The molecule has 0 unspecified atom stereocenters. The molecule has 16 heavy (non-hydrogen) atoms. The SMILES string of the molecule is CNc1c(N2CCCC2)n2n(c1=O)CCC2. The van der Waals surface area contributed by atoms with Crippen LogP contribution in [0, 0.1) is 0 Å². The molecule has 5 heteroatoms. The van der Waals surface area contributed by atoms with E-state index in [4.69, 9.17) is 0 Å². The van der Waals surface area contributed by atoms with Crippen LogP contribution in [0.4, 0.5) is 11.5 Å². The van der Waals surface area contributed by atoms with E-state index in [9.17, 15) is 4.79 Å². The highest BCUT2D eigenvalue weighted by molar-refractivity contribution is 5.66. The zero-order chi connectivity index (χ0) is 11.1. The fraction of sp³-hybridized carbons (Fsp3) is 0.727. The van der Waals surface area contributed by atoms with E-state index in [1.807, 2.05) is 11.7 Å². The van der Waals surface area contributed by atoms with Crippen molar-refractivity contribution < 1.29 is 0 Å². The smallest absolute Gasteiger partial charge is 0.292 e. The van der Waals surface area contributed by atoms with Crippen LogP contribution in [0.1, 0.15) is 19.3 Å². The van der Waals surface area contributed by atoms with Crippen molar-refractivity contribution >= 4 is 11.5 Å². The van der Waals surface area contributed by atoms with Gasteiger partial charge in [-0.3, -0.25) is 9.48 Å². The molecule has 0 aromatic carbocycles. The minimum absolute atomic E-state index is 0.141. The van der Waals surface area contributed by atoms with E-state index >= 15 is 0 Å². The Kier molecular flexibility index (Phi) is 2.19. The minimum Gasteiger partial charge on any atom is -0.381 e. The summed E-state index contributed by atoms with van der Waals surface area (Å²) >= 11 is 0. The second kappa shape index (κ2) is 3.57. The van der Waals surface area contributed by atoms with Gasteiger partial charge in [-0.2, -0.15) is 0 Å².